The quantitative estimate of drug-likeness (QED) is 0.841. The van der Waals surface area contributed by atoms with E-state index in [0.717, 1.165) is 28.6 Å². The van der Waals surface area contributed by atoms with Crippen LogP contribution in [0.15, 0.2) is 12.1 Å². The summed E-state index contributed by atoms with van der Waals surface area (Å²) >= 11 is 0. The molecule has 0 spiro atoms. The zero-order chi connectivity index (χ0) is 12.4. The minimum atomic E-state index is -0.440. The summed E-state index contributed by atoms with van der Waals surface area (Å²) in [6, 6.07) is 5.79. The molecule has 0 bridgehead atoms. The molecule has 88 valence electrons. The Morgan fingerprint density at radius 3 is 2.94 bits per heavy atom. The predicted octanol–water partition coefficient (Wildman–Crippen LogP) is 1.83. The van der Waals surface area contributed by atoms with Crippen molar-refractivity contribution < 1.29 is 0 Å². The van der Waals surface area contributed by atoms with Gasteiger partial charge in [-0.1, -0.05) is 13.0 Å². The molecule has 4 heteroatoms. The van der Waals surface area contributed by atoms with E-state index in [-0.39, 0.29) is 0 Å². The number of aryl methyl sites for hydroxylation is 2. The number of hydrogen-bond donors (Lipinski definition) is 2. The topological polar surface area (TPSA) is 78.5 Å². The Hall–Kier alpha value is -1.86. The lowest BCUT2D eigenvalue weighted by Crippen LogP contribution is -2.20. The summed E-state index contributed by atoms with van der Waals surface area (Å²) in [7, 11) is 0. The molecule has 17 heavy (non-hydrogen) atoms. The summed E-state index contributed by atoms with van der Waals surface area (Å²) < 4.78 is 0. The van der Waals surface area contributed by atoms with Gasteiger partial charge in [-0.05, 0) is 30.5 Å². The van der Waals surface area contributed by atoms with Crippen LogP contribution in [-0.2, 0) is 12.8 Å². The lowest BCUT2D eigenvalue weighted by Gasteiger charge is -2.06. The maximum absolute atomic E-state index is 8.76. The van der Waals surface area contributed by atoms with E-state index in [9.17, 15) is 0 Å². The summed E-state index contributed by atoms with van der Waals surface area (Å²) in [5.41, 5.74) is 10.1. The van der Waals surface area contributed by atoms with Gasteiger partial charge in [0.25, 0.3) is 0 Å². The lowest BCUT2D eigenvalue weighted by molar-refractivity contribution is 0.822. The van der Waals surface area contributed by atoms with Crippen molar-refractivity contribution in [3.05, 3.63) is 29.0 Å². The molecule has 0 saturated carbocycles. The first kappa shape index (κ1) is 11.6. The third-order valence-corrected chi connectivity index (χ3v) is 2.99. The van der Waals surface area contributed by atoms with E-state index >= 15 is 0 Å². The van der Waals surface area contributed by atoms with Crippen LogP contribution in [0.5, 0.6) is 0 Å². The molecule has 0 amide bonds. The Morgan fingerprint density at radius 1 is 1.53 bits per heavy atom. The van der Waals surface area contributed by atoms with Gasteiger partial charge in [0, 0.05) is 17.5 Å². The first-order valence-electron chi connectivity index (χ1n) is 5.77. The summed E-state index contributed by atoms with van der Waals surface area (Å²) in [6.07, 6.45) is 1.51. The second-order valence-corrected chi connectivity index (χ2v) is 4.29. The Bertz CT molecular complexity index is 577. The largest absolute Gasteiger partial charge is 0.316 e. The van der Waals surface area contributed by atoms with Gasteiger partial charge >= 0.3 is 0 Å². The van der Waals surface area contributed by atoms with Crippen LogP contribution in [0.3, 0.4) is 0 Å². The average Bonchev–Trinajstić information content (AvgIpc) is 2.70. The van der Waals surface area contributed by atoms with Gasteiger partial charge in [0.05, 0.1) is 17.6 Å². The Balaban J connectivity index is 2.51. The van der Waals surface area contributed by atoms with Crippen molar-refractivity contribution in [1.29, 1.82) is 5.26 Å². The number of aromatic amines is 1. The average molecular weight is 228 g/mol. The third-order valence-electron chi connectivity index (χ3n) is 2.99. The Morgan fingerprint density at radius 2 is 2.29 bits per heavy atom. The summed E-state index contributed by atoms with van der Waals surface area (Å²) in [5.74, 6) is 0. The summed E-state index contributed by atoms with van der Waals surface area (Å²) in [6.45, 7) is 4.11. The minimum Gasteiger partial charge on any atom is -0.316 e. The maximum Gasteiger partial charge on any atom is 0.0968 e. The number of nitrogens with two attached hydrogens (primary N) is 1. The number of fused-ring (bicyclic) bond motifs is 1. The predicted molar refractivity (Wildman–Crippen MR) is 67.5 cm³/mol. The highest BCUT2D eigenvalue weighted by molar-refractivity contribution is 5.85. The highest BCUT2D eigenvalue weighted by atomic mass is 15.1. The van der Waals surface area contributed by atoms with Crippen molar-refractivity contribution in [2.24, 2.45) is 5.73 Å². The first-order valence-corrected chi connectivity index (χ1v) is 5.77. The highest BCUT2D eigenvalue weighted by Crippen LogP contribution is 2.22. The molecule has 1 heterocycles. The van der Waals surface area contributed by atoms with Crippen LogP contribution in [-0.4, -0.2) is 16.2 Å². The van der Waals surface area contributed by atoms with Crippen LogP contribution in [0.1, 0.15) is 23.7 Å². The van der Waals surface area contributed by atoms with Crippen LogP contribution >= 0.6 is 0 Å². The molecule has 0 fully saturated rings. The number of H-pyrrole nitrogens is 1. The molecule has 0 saturated heterocycles. The number of rotatable bonds is 3. The molecule has 2 aromatic rings. The van der Waals surface area contributed by atoms with Crippen molar-refractivity contribution in [1.82, 2.24) is 10.2 Å². The number of aromatic nitrogens is 2. The Kier molecular flexibility index (Phi) is 3.12. The van der Waals surface area contributed by atoms with Gasteiger partial charge in [0.1, 0.15) is 0 Å². The van der Waals surface area contributed by atoms with E-state index in [1.807, 2.05) is 6.92 Å². The fourth-order valence-corrected chi connectivity index (χ4v) is 2.07. The van der Waals surface area contributed by atoms with Crippen LogP contribution < -0.4 is 5.73 Å². The molecule has 0 aliphatic carbocycles. The molecular weight excluding hydrogens is 212 g/mol. The molecule has 2 rings (SSSR count). The summed E-state index contributed by atoms with van der Waals surface area (Å²) in [5, 5.41) is 17.2. The van der Waals surface area contributed by atoms with Gasteiger partial charge in [-0.2, -0.15) is 10.4 Å². The monoisotopic (exact) mass is 228 g/mol. The van der Waals surface area contributed by atoms with E-state index < -0.39 is 6.04 Å². The summed E-state index contributed by atoms with van der Waals surface area (Å²) in [4.78, 5) is 0. The molecule has 1 atom stereocenters. The first-order chi connectivity index (χ1) is 8.15. The molecule has 3 N–H and O–H groups in total. The molecule has 4 nitrogen and oxygen atoms in total. The van der Waals surface area contributed by atoms with E-state index in [1.54, 1.807) is 0 Å². The maximum atomic E-state index is 8.76. The van der Waals surface area contributed by atoms with Gasteiger partial charge in [-0.25, -0.2) is 0 Å². The molecule has 1 aromatic carbocycles. The van der Waals surface area contributed by atoms with Gasteiger partial charge < -0.3 is 5.73 Å². The zero-order valence-electron chi connectivity index (χ0n) is 10.1. The van der Waals surface area contributed by atoms with Crippen LogP contribution in [0.2, 0.25) is 0 Å². The van der Waals surface area contributed by atoms with Crippen LogP contribution in [0, 0.1) is 18.3 Å². The molecule has 0 aliphatic rings. The fourth-order valence-electron chi connectivity index (χ4n) is 2.07. The number of nitrogens with one attached hydrogen (secondary N) is 1. The van der Waals surface area contributed by atoms with E-state index in [0.29, 0.717) is 6.42 Å². The molecule has 0 radical (unpaired) electrons. The second kappa shape index (κ2) is 4.56. The van der Waals surface area contributed by atoms with Crippen LogP contribution in [0.4, 0.5) is 0 Å². The normalized spacial score (nSPS) is 12.6. The molecule has 1 unspecified atom stereocenters. The van der Waals surface area contributed by atoms with Crippen molar-refractivity contribution >= 4 is 10.9 Å². The van der Waals surface area contributed by atoms with Crippen molar-refractivity contribution in [2.45, 2.75) is 32.7 Å². The zero-order valence-corrected chi connectivity index (χ0v) is 10.1. The SMILES string of the molecule is CCc1cc(CC(N)C#N)cc2c(C)[nH]nc12. The molecule has 0 aliphatic heterocycles. The smallest absolute Gasteiger partial charge is 0.0968 e. The van der Waals surface area contributed by atoms with Gasteiger partial charge in [-0.3, -0.25) is 5.10 Å². The number of nitrogens with zero attached hydrogens (tertiary/aromatic N) is 2. The van der Waals surface area contributed by atoms with E-state index in [4.69, 9.17) is 11.0 Å². The van der Waals surface area contributed by atoms with Crippen molar-refractivity contribution in [2.75, 3.05) is 0 Å². The van der Waals surface area contributed by atoms with E-state index in [1.165, 1.54) is 5.56 Å². The lowest BCUT2D eigenvalue weighted by atomic mass is 9.99. The molecule has 1 aromatic heterocycles. The standard InChI is InChI=1S/C13H16N4/c1-3-10-4-9(5-11(15)7-14)6-12-8(2)16-17-13(10)12/h4,6,11H,3,5,15H2,1-2H3,(H,16,17). The fraction of sp³-hybridized carbons (Fsp3) is 0.385. The molecular formula is C13H16N4. The van der Waals surface area contributed by atoms with E-state index in [2.05, 4.69) is 35.3 Å². The van der Waals surface area contributed by atoms with Crippen molar-refractivity contribution in [3.8, 4) is 6.07 Å². The van der Waals surface area contributed by atoms with Gasteiger partial charge in [0.2, 0.25) is 0 Å². The van der Waals surface area contributed by atoms with Gasteiger partial charge in [0.15, 0.2) is 0 Å². The minimum absolute atomic E-state index is 0.440. The number of benzene rings is 1. The third kappa shape index (κ3) is 2.15. The number of nitriles is 1. The Labute approximate surface area is 100 Å². The van der Waals surface area contributed by atoms with Crippen LogP contribution in [0.25, 0.3) is 10.9 Å². The van der Waals surface area contributed by atoms with Crippen molar-refractivity contribution in [3.63, 3.8) is 0 Å². The highest BCUT2D eigenvalue weighted by Gasteiger charge is 2.10. The number of hydrogen-bond acceptors (Lipinski definition) is 3. The van der Waals surface area contributed by atoms with Gasteiger partial charge in [-0.15, -0.1) is 0 Å². The second-order valence-electron chi connectivity index (χ2n) is 4.29.